The highest BCUT2D eigenvalue weighted by Gasteiger charge is 2.27. The highest BCUT2D eigenvalue weighted by molar-refractivity contribution is 5.94. The predicted molar refractivity (Wildman–Crippen MR) is 142 cm³/mol. The van der Waals surface area contributed by atoms with Crippen molar-refractivity contribution in [3.8, 4) is 5.69 Å². The third-order valence-electron chi connectivity index (χ3n) is 6.48. The minimum absolute atomic E-state index is 0.0879. The van der Waals surface area contributed by atoms with Gasteiger partial charge in [0, 0.05) is 11.3 Å². The maximum absolute atomic E-state index is 13.6. The van der Waals surface area contributed by atoms with E-state index in [1.807, 2.05) is 52.0 Å². The van der Waals surface area contributed by atoms with Gasteiger partial charge in [-0.2, -0.15) is 5.10 Å². The summed E-state index contributed by atoms with van der Waals surface area (Å²) in [6, 6.07) is 13.4. The van der Waals surface area contributed by atoms with Crippen molar-refractivity contribution >= 4 is 11.9 Å². The van der Waals surface area contributed by atoms with Gasteiger partial charge in [0.25, 0.3) is 5.91 Å². The molecule has 0 aliphatic rings. The monoisotopic (exact) mass is 525 g/mol. The van der Waals surface area contributed by atoms with E-state index in [1.54, 1.807) is 16.8 Å². The Hall–Kier alpha value is -3.56. The lowest BCUT2D eigenvalue weighted by molar-refractivity contribution is -0.139. The first-order chi connectivity index (χ1) is 18.0. The standard InChI is InChI=1S/C29H36FN3O5/c1-17(2)27-25(14-13-23(34)15-24(35)16-26(36)37)33(22-11-9-21(30)10-12-22)32-28(27)29(38)31-19(4)20-7-5-18(3)6-8-20/h5-12,17,19,23-24,34-35H,13-16H2,1-4H3,(H,31,38)(H,36,37)/t19?,23-,24-/m1/s1. The second-order valence-electron chi connectivity index (χ2n) is 10.0. The van der Waals surface area contributed by atoms with Crippen LogP contribution in [0.25, 0.3) is 5.69 Å². The highest BCUT2D eigenvalue weighted by atomic mass is 19.1. The Bertz CT molecular complexity index is 1240. The molecule has 3 atom stereocenters. The van der Waals surface area contributed by atoms with Crippen LogP contribution in [-0.2, 0) is 11.2 Å². The van der Waals surface area contributed by atoms with Gasteiger partial charge in [0.15, 0.2) is 5.69 Å². The third kappa shape index (κ3) is 7.49. The number of carboxylic acids is 1. The molecule has 0 radical (unpaired) electrons. The van der Waals surface area contributed by atoms with Gasteiger partial charge >= 0.3 is 5.97 Å². The SMILES string of the molecule is Cc1ccc(C(C)NC(=O)c2nn(-c3ccc(F)cc3)c(CC[C@@H](O)C[C@@H](O)CC(=O)O)c2C(C)C)cc1. The quantitative estimate of drug-likeness (QED) is 0.277. The molecule has 3 aromatic rings. The Kier molecular flexibility index (Phi) is 9.77. The summed E-state index contributed by atoms with van der Waals surface area (Å²) in [6.07, 6.45) is -2.15. The number of aryl methyl sites for hydroxylation is 1. The molecule has 0 bridgehead atoms. The molecule has 1 unspecified atom stereocenters. The molecule has 0 fully saturated rings. The highest BCUT2D eigenvalue weighted by Crippen LogP contribution is 2.29. The van der Waals surface area contributed by atoms with Gasteiger partial charge in [-0.1, -0.05) is 43.7 Å². The van der Waals surface area contributed by atoms with Gasteiger partial charge in [0.1, 0.15) is 5.82 Å². The first-order valence-electron chi connectivity index (χ1n) is 12.8. The van der Waals surface area contributed by atoms with Gasteiger partial charge < -0.3 is 20.6 Å². The van der Waals surface area contributed by atoms with Crippen molar-refractivity contribution in [2.24, 2.45) is 0 Å². The van der Waals surface area contributed by atoms with E-state index in [1.165, 1.54) is 12.1 Å². The third-order valence-corrected chi connectivity index (χ3v) is 6.48. The number of aliphatic carboxylic acids is 1. The van der Waals surface area contributed by atoms with Crippen molar-refractivity contribution < 1.29 is 29.3 Å². The zero-order valence-electron chi connectivity index (χ0n) is 22.2. The molecule has 1 aromatic heterocycles. The minimum atomic E-state index is -1.17. The summed E-state index contributed by atoms with van der Waals surface area (Å²) < 4.78 is 15.2. The number of halogens is 1. The molecule has 8 nitrogen and oxygen atoms in total. The summed E-state index contributed by atoms with van der Waals surface area (Å²) >= 11 is 0. The van der Waals surface area contributed by atoms with E-state index in [-0.39, 0.29) is 36.4 Å². The van der Waals surface area contributed by atoms with Crippen LogP contribution >= 0.6 is 0 Å². The van der Waals surface area contributed by atoms with E-state index in [0.29, 0.717) is 23.4 Å². The summed E-state index contributed by atoms with van der Waals surface area (Å²) in [7, 11) is 0. The summed E-state index contributed by atoms with van der Waals surface area (Å²) in [6.45, 7) is 7.79. The molecule has 1 heterocycles. The van der Waals surface area contributed by atoms with Crippen LogP contribution in [0.2, 0.25) is 0 Å². The van der Waals surface area contributed by atoms with Crippen LogP contribution in [0.1, 0.15) is 84.9 Å². The molecule has 38 heavy (non-hydrogen) atoms. The van der Waals surface area contributed by atoms with Crippen LogP contribution in [0.15, 0.2) is 48.5 Å². The van der Waals surface area contributed by atoms with Crippen LogP contribution in [0, 0.1) is 12.7 Å². The van der Waals surface area contributed by atoms with Crippen LogP contribution in [0.4, 0.5) is 4.39 Å². The van der Waals surface area contributed by atoms with E-state index in [4.69, 9.17) is 5.11 Å². The molecular weight excluding hydrogens is 489 g/mol. The number of nitrogens with zero attached hydrogens (tertiary/aromatic N) is 2. The van der Waals surface area contributed by atoms with Crippen molar-refractivity contribution in [3.63, 3.8) is 0 Å². The number of aromatic nitrogens is 2. The van der Waals surface area contributed by atoms with Gasteiger partial charge in [-0.15, -0.1) is 0 Å². The fourth-order valence-electron chi connectivity index (χ4n) is 4.50. The molecule has 0 aliphatic heterocycles. The summed E-state index contributed by atoms with van der Waals surface area (Å²) in [5, 5.41) is 36.9. The minimum Gasteiger partial charge on any atom is -0.481 e. The molecule has 0 saturated heterocycles. The van der Waals surface area contributed by atoms with Crippen LogP contribution in [0.5, 0.6) is 0 Å². The Balaban J connectivity index is 1.93. The maximum Gasteiger partial charge on any atom is 0.305 e. The Morgan fingerprint density at radius 3 is 2.21 bits per heavy atom. The zero-order chi connectivity index (χ0) is 28.0. The lowest BCUT2D eigenvalue weighted by atomic mass is 9.95. The summed E-state index contributed by atoms with van der Waals surface area (Å²) in [5.74, 6) is -1.98. The second kappa shape index (κ2) is 12.8. The van der Waals surface area contributed by atoms with E-state index < -0.39 is 30.4 Å². The summed E-state index contributed by atoms with van der Waals surface area (Å²) in [5.41, 5.74) is 4.28. The number of carbonyl (C=O) groups excluding carboxylic acids is 1. The second-order valence-corrected chi connectivity index (χ2v) is 10.0. The van der Waals surface area contributed by atoms with E-state index in [9.17, 15) is 24.2 Å². The topological polar surface area (TPSA) is 125 Å². The van der Waals surface area contributed by atoms with Gasteiger partial charge in [0.2, 0.25) is 0 Å². The molecule has 0 aliphatic carbocycles. The van der Waals surface area contributed by atoms with E-state index in [2.05, 4.69) is 10.4 Å². The van der Waals surface area contributed by atoms with Crippen molar-refractivity contribution in [1.29, 1.82) is 0 Å². The number of rotatable bonds is 12. The van der Waals surface area contributed by atoms with Crippen LogP contribution in [-0.4, -0.2) is 49.2 Å². The number of hydrogen-bond acceptors (Lipinski definition) is 5. The molecular formula is C29H36FN3O5. The van der Waals surface area contributed by atoms with Gasteiger partial charge in [-0.3, -0.25) is 9.59 Å². The van der Waals surface area contributed by atoms with Crippen molar-refractivity contribution in [3.05, 3.63) is 82.4 Å². The van der Waals surface area contributed by atoms with Gasteiger partial charge in [-0.05, 0) is 68.9 Å². The first-order valence-corrected chi connectivity index (χ1v) is 12.8. The van der Waals surface area contributed by atoms with E-state index in [0.717, 1.165) is 11.1 Å². The van der Waals surface area contributed by atoms with Gasteiger partial charge in [0.05, 0.1) is 30.4 Å². The van der Waals surface area contributed by atoms with Gasteiger partial charge in [-0.25, -0.2) is 9.07 Å². The smallest absolute Gasteiger partial charge is 0.305 e. The molecule has 0 saturated carbocycles. The molecule has 4 N–H and O–H groups in total. The van der Waals surface area contributed by atoms with Crippen LogP contribution in [0.3, 0.4) is 0 Å². The number of benzene rings is 2. The molecule has 0 spiro atoms. The lowest BCUT2D eigenvalue weighted by Gasteiger charge is -2.17. The number of aliphatic hydroxyl groups is 2. The normalized spacial score (nSPS) is 13.8. The number of amides is 1. The fourth-order valence-corrected chi connectivity index (χ4v) is 4.50. The average molecular weight is 526 g/mol. The Morgan fingerprint density at radius 1 is 1.00 bits per heavy atom. The first kappa shape index (κ1) is 29.0. The molecule has 2 aromatic carbocycles. The largest absolute Gasteiger partial charge is 0.481 e. The summed E-state index contributed by atoms with van der Waals surface area (Å²) in [4.78, 5) is 24.3. The maximum atomic E-state index is 13.6. The zero-order valence-corrected chi connectivity index (χ0v) is 22.2. The molecule has 204 valence electrons. The van der Waals surface area contributed by atoms with Crippen molar-refractivity contribution in [1.82, 2.24) is 15.1 Å². The number of hydrogen-bond donors (Lipinski definition) is 4. The Morgan fingerprint density at radius 2 is 1.63 bits per heavy atom. The number of carbonyl (C=O) groups is 2. The molecule has 9 heteroatoms. The van der Waals surface area contributed by atoms with Crippen molar-refractivity contribution in [2.45, 2.75) is 77.5 Å². The lowest BCUT2D eigenvalue weighted by Crippen LogP contribution is -2.28. The molecule has 1 amide bonds. The number of aliphatic hydroxyl groups excluding tert-OH is 2. The number of carboxylic acid groups (broad SMARTS) is 1. The molecule has 3 rings (SSSR count). The predicted octanol–water partition coefficient (Wildman–Crippen LogP) is 4.45. The number of nitrogens with one attached hydrogen (secondary N) is 1. The fraction of sp³-hybridized carbons (Fsp3) is 0.414. The van der Waals surface area contributed by atoms with Crippen LogP contribution < -0.4 is 5.32 Å². The van der Waals surface area contributed by atoms with Crippen molar-refractivity contribution in [2.75, 3.05) is 0 Å². The Labute approximate surface area is 222 Å². The average Bonchev–Trinajstić information content (AvgIpc) is 3.23. The van der Waals surface area contributed by atoms with E-state index >= 15 is 0 Å².